The highest BCUT2D eigenvalue weighted by atomic mass is 35.5. The Labute approximate surface area is 168 Å². The molecule has 2 rings (SSSR count). The van der Waals surface area contributed by atoms with Gasteiger partial charge in [-0.2, -0.15) is 5.26 Å². The van der Waals surface area contributed by atoms with Gasteiger partial charge in [0, 0.05) is 17.3 Å². The second-order valence-corrected chi connectivity index (χ2v) is 6.71. The molecular weight excluding hydrogens is 383 g/mol. The third-order valence-electron chi connectivity index (χ3n) is 3.93. The molecule has 2 N–H and O–H groups in total. The molecule has 146 valence electrons. The molecule has 0 saturated heterocycles. The van der Waals surface area contributed by atoms with Crippen molar-refractivity contribution in [1.82, 2.24) is 0 Å². The van der Waals surface area contributed by atoms with E-state index in [-0.39, 0.29) is 43.6 Å². The number of halogens is 2. The average molecular weight is 404 g/mol. The number of benzene rings is 2. The maximum atomic E-state index is 14.1. The number of carbonyl (C=O) groups excluding carboxylic acids is 2. The number of carbonyl (C=O) groups is 2. The minimum atomic E-state index is -0.535. The number of likely N-dealkylation sites (N-methyl/N-ethyl adjacent to an activating group) is 1. The number of anilines is 2. The first-order chi connectivity index (χ1) is 13.4. The Hall–Kier alpha value is -2.95. The van der Waals surface area contributed by atoms with Gasteiger partial charge in [0.1, 0.15) is 5.82 Å². The number of nitrogens with zero attached hydrogens (tertiary/aromatic N) is 2. The Kier molecular flexibility index (Phi) is 7.93. The molecule has 8 heteroatoms. The first-order valence-electron chi connectivity index (χ1n) is 8.69. The van der Waals surface area contributed by atoms with E-state index in [1.54, 1.807) is 37.4 Å². The summed E-state index contributed by atoms with van der Waals surface area (Å²) in [4.78, 5) is 26.7. The number of quaternary nitrogens is 1. The van der Waals surface area contributed by atoms with Crippen LogP contribution < -0.4 is 15.1 Å². The van der Waals surface area contributed by atoms with Crippen molar-refractivity contribution in [3.63, 3.8) is 0 Å². The molecule has 0 aliphatic heterocycles. The molecule has 2 aromatic rings. The molecule has 2 aromatic carbocycles. The van der Waals surface area contributed by atoms with E-state index in [1.165, 1.54) is 23.1 Å². The van der Waals surface area contributed by atoms with Gasteiger partial charge < -0.3 is 15.1 Å². The number of hydrogen-bond acceptors (Lipinski definition) is 3. The Morgan fingerprint density at radius 2 is 1.86 bits per heavy atom. The zero-order valence-corrected chi connectivity index (χ0v) is 16.2. The van der Waals surface area contributed by atoms with Crippen molar-refractivity contribution in [2.24, 2.45) is 0 Å². The number of rotatable bonds is 8. The van der Waals surface area contributed by atoms with Crippen LogP contribution in [0.2, 0.25) is 5.02 Å². The molecule has 1 atom stereocenters. The van der Waals surface area contributed by atoms with Crippen molar-refractivity contribution < 1.29 is 18.9 Å². The van der Waals surface area contributed by atoms with Crippen molar-refractivity contribution >= 4 is 34.8 Å². The zero-order valence-electron chi connectivity index (χ0n) is 15.4. The van der Waals surface area contributed by atoms with Gasteiger partial charge in [0.15, 0.2) is 13.1 Å². The van der Waals surface area contributed by atoms with E-state index in [0.717, 1.165) is 0 Å². The highest BCUT2D eigenvalue weighted by Gasteiger charge is 2.23. The smallest absolute Gasteiger partial charge is 0.282 e. The van der Waals surface area contributed by atoms with Gasteiger partial charge in [0.05, 0.1) is 25.2 Å². The predicted molar refractivity (Wildman–Crippen MR) is 106 cm³/mol. The van der Waals surface area contributed by atoms with Gasteiger partial charge in [0.25, 0.3) is 11.8 Å². The molecule has 6 nitrogen and oxygen atoms in total. The van der Waals surface area contributed by atoms with Gasteiger partial charge >= 0.3 is 0 Å². The van der Waals surface area contributed by atoms with Gasteiger partial charge in [-0.15, -0.1) is 0 Å². The molecule has 0 saturated carbocycles. The molecule has 0 aliphatic carbocycles. The van der Waals surface area contributed by atoms with Crippen LogP contribution in [0.25, 0.3) is 0 Å². The van der Waals surface area contributed by atoms with Crippen molar-refractivity contribution in [2.75, 3.05) is 36.9 Å². The van der Waals surface area contributed by atoms with Crippen molar-refractivity contribution in [2.45, 2.75) is 6.42 Å². The van der Waals surface area contributed by atoms with Crippen molar-refractivity contribution in [3.8, 4) is 6.07 Å². The van der Waals surface area contributed by atoms with E-state index in [4.69, 9.17) is 16.9 Å². The van der Waals surface area contributed by atoms with Crippen molar-refractivity contribution in [1.29, 1.82) is 5.26 Å². The second kappa shape index (κ2) is 10.4. The maximum absolute atomic E-state index is 14.1. The summed E-state index contributed by atoms with van der Waals surface area (Å²) in [6, 6.07) is 14.6. The summed E-state index contributed by atoms with van der Waals surface area (Å²) in [5, 5.41) is 12.1. The minimum absolute atomic E-state index is 0.0200. The fourth-order valence-electron chi connectivity index (χ4n) is 2.64. The first-order valence-corrected chi connectivity index (χ1v) is 9.07. The predicted octanol–water partition coefficient (Wildman–Crippen LogP) is 1.88. The molecular formula is C20H21ClFN4O2+. The normalized spacial score (nSPS) is 11.4. The molecule has 1 unspecified atom stereocenters. The van der Waals surface area contributed by atoms with Gasteiger partial charge in [-0.25, -0.2) is 4.39 Å². The van der Waals surface area contributed by atoms with Crippen LogP contribution in [0.1, 0.15) is 6.42 Å². The number of nitrogens with one attached hydrogen (secondary N) is 2. The molecule has 0 radical (unpaired) electrons. The number of hydrogen-bond donors (Lipinski definition) is 2. The molecule has 0 aliphatic rings. The summed E-state index contributed by atoms with van der Waals surface area (Å²) in [6.07, 6.45) is 0.0795. The summed E-state index contributed by atoms with van der Waals surface area (Å²) < 4.78 is 14.1. The first kappa shape index (κ1) is 21.4. The van der Waals surface area contributed by atoms with Crippen LogP contribution in [0, 0.1) is 17.1 Å². The van der Waals surface area contributed by atoms with E-state index in [9.17, 15) is 14.0 Å². The molecule has 0 fully saturated rings. The number of nitriles is 1. The Morgan fingerprint density at radius 1 is 1.18 bits per heavy atom. The summed E-state index contributed by atoms with van der Waals surface area (Å²) >= 11 is 5.81. The van der Waals surface area contributed by atoms with Gasteiger partial charge in [-0.1, -0.05) is 23.7 Å². The molecule has 0 heterocycles. The molecule has 0 bridgehead atoms. The monoisotopic (exact) mass is 403 g/mol. The van der Waals surface area contributed by atoms with Crippen LogP contribution in [-0.2, 0) is 9.59 Å². The summed E-state index contributed by atoms with van der Waals surface area (Å²) in [5.41, 5.74) is 0.733. The lowest BCUT2D eigenvalue weighted by molar-refractivity contribution is -0.862. The van der Waals surface area contributed by atoms with Gasteiger partial charge in [-0.3, -0.25) is 9.59 Å². The Morgan fingerprint density at radius 3 is 2.50 bits per heavy atom. The molecule has 0 spiro atoms. The SMILES string of the molecule is C[NH+](CC(=O)Nc1ccc(Cl)cc1)CC(=O)N(CCC#N)c1ccccc1F. The van der Waals surface area contributed by atoms with Crippen molar-refractivity contribution in [3.05, 3.63) is 59.4 Å². The Balaban J connectivity index is 1.97. The lowest BCUT2D eigenvalue weighted by Crippen LogP contribution is -3.11. The van der Waals surface area contributed by atoms with E-state index in [2.05, 4.69) is 5.32 Å². The summed E-state index contributed by atoms with van der Waals surface area (Å²) in [7, 11) is 1.70. The van der Waals surface area contributed by atoms with Crippen LogP contribution in [0.5, 0.6) is 0 Å². The lowest BCUT2D eigenvalue weighted by atomic mass is 10.2. The maximum Gasteiger partial charge on any atom is 0.282 e. The Bertz CT molecular complexity index is 867. The number of para-hydroxylation sites is 1. The van der Waals surface area contributed by atoms with Crippen LogP contribution in [0.4, 0.5) is 15.8 Å². The van der Waals surface area contributed by atoms with Gasteiger partial charge in [-0.05, 0) is 36.4 Å². The standard InChI is InChI=1S/C20H20ClFN4O2/c1-25(13-19(27)24-16-9-7-15(21)8-10-16)14-20(28)26(12-4-11-23)18-6-3-2-5-17(18)22/h2-3,5-10H,4,12-14H2,1H3,(H,24,27)/p+1. The summed E-state index contributed by atoms with van der Waals surface area (Å²) in [6.45, 7) is 0.117. The molecule has 0 aromatic heterocycles. The summed E-state index contributed by atoms with van der Waals surface area (Å²) in [5.74, 6) is -1.16. The second-order valence-electron chi connectivity index (χ2n) is 6.27. The van der Waals surface area contributed by atoms with Crippen LogP contribution in [-0.4, -0.2) is 38.5 Å². The van der Waals surface area contributed by atoms with E-state index in [0.29, 0.717) is 15.6 Å². The topological polar surface area (TPSA) is 77.6 Å². The fourth-order valence-corrected chi connectivity index (χ4v) is 2.77. The quantitative estimate of drug-likeness (QED) is 0.706. The fraction of sp³-hybridized carbons (Fsp3) is 0.250. The van der Waals surface area contributed by atoms with E-state index in [1.807, 2.05) is 6.07 Å². The third kappa shape index (κ3) is 6.34. The molecule has 2 amide bonds. The average Bonchev–Trinajstić information content (AvgIpc) is 2.65. The number of amides is 2. The molecule has 28 heavy (non-hydrogen) atoms. The van der Waals surface area contributed by atoms with E-state index >= 15 is 0 Å². The lowest BCUT2D eigenvalue weighted by Gasteiger charge is -2.23. The van der Waals surface area contributed by atoms with Gasteiger partial charge in [0.2, 0.25) is 0 Å². The third-order valence-corrected chi connectivity index (χ3v) is 4.19. The highest BCUT2D eigenvalue weighted by molar-refractivity contribution is 6.30. The van der Waals surface area contributed by atoms with Crippen LogP contribution in [0.15, 0.2) is 48.5 Å². The largest absolute Gasteiger partial charge is 0.322 e. The zero-order chi connectivity index (χ0) is 20.5. The van der Waals surface area contributed by atoms with Crippen LogP contribution in [0.3, 0.4) is 0 Å². The van der Waals surface area contributed by atoms with E-state index < -0.39 is 5.82 Å². The highest BCUT2D eigenvalue weighted by Crippen LogP contribution is 2.19. The van der Waals surface area contributed by atoms with Crippen LogP contribution >= 0.6 is 11.6 Å². The minimum Gasteiger partial charge on any atom is -0.322 e.